The second-order valence-electron chi connectivity index (χ2n) is 3.89. The van der Waals surface area contributed by atoms with Crippen LogP contribution in [0, 0.1) is 11.8 Å². The predicted octanol–water partition coefficient (Wildman–Crippen LogP) is 2.96. The summed E-state index contributed by atoms with van der Waals surface area (Å²) in [7, 11) is 0. The predicted molar refractivity (Wildman–Crippen MR) is 72.0 cm³/mol. The summed E-state index contributed by atoms with van der Waals surface area (Å²) in [5, 5.41) is 0. The Balaban J connectivity index is 2.56. The van der Waals surface area contributed by atoms with Crippen LogP contribution in [0.25, 0.3) is 0 Å². The molecule has 0 aromatic heterocycles. The van der Waals surface area contributed by atoms with Crippen molar-refractivity contribution in [2.45, 2.75) is 32.6 Å². The topological polar surface area (TPSA) is 35.2 Å². The first-order valence-electron chi connectivity index (χ1n) is 6.29. The molecule has 0 saturated carbocycles. The van der Waals surface area contributed by atoms with Gasteiger partial charge in [-0.15, -0.1) is 0 Å². The number of hydrogen-bond acceptors (Lipinski definition) is 2. The lowest BCUT2D eigenvalue weighted by atomic mass is 10.2. The van der Waals surface area contributed by atoms with Crippen LogP contribution in [0.3, 0.4) is 0 Å². The molecule has 0 heterocycles. The van der Waals surface area contributed by atoms with E-state index in [1.165, 1.54) is 0 Å². The van der Waals surface area contributed by atoms with Crippen LogP contribution in [0.2, 0.25) is 0 Å². The maximum absolute atomic E-state index is 5.64. The molecule has 0 unspecified atom stereocenters. The summed E-state index contributed by atoms with van der Waals surface area (Å²) in [6, 6.07) is 7.94. The molecule has 0 amide bonds. The first-order valence-corrected chi connectivity index (χ1v) is 6.29. The van der Waals surface area contributed by atoms with Gasteiger partial charge < -0.3 is 10.5 Å². The fourth-order valence-corrected chi connectivity index (χ4v) is 1.42. The molecule has 0 aliphatic rings. The lowest BCUT2D eigenvalue weighted by Gasteiger charge is -2.05. The molecule has 0 atom stereocenters. The average Bonchev–Trinajstić information content (AvgIpc) is 2.37. The largest absolute Gasteiger partial charge is 0.492 e. The van der Waals surface area contributed by atoms with Crippen molar-refractivity contribution in [3.8, 4) is 17.6 Å². The van der Waals surface area contributed by atoms with E-state index in [0.717, 1.165) is 50.1 Å². The van der Waals surface area contributed by atoms with Crippen molar-refractivity contribution in [2.75, 3.05) is 13.2 Å². The summed E-state index contributed by atoms with van der Waals surface area (Å²) in [4.78, 5) is 0. The van der Waals surface area contributed by atoms with Crippen LogP contribution in [-0.2, 0) is 0 Å². The molecule has 0 fully saturated rings. The third kappa shape index (κ3) is 5.42. The van der Waals surface area contributed by atoms with E-state index in [-0.39, 0.29) is 0 Å². The molecule has 17 heavy (non-hydrogen) atoms. The maximum Gasteiger partial charge on any atom is 0.134 e. The molecule has 0 saturated heterocycles. The van der Waals surface area contributed by atoms with Crippen molar-refractivity contribution >= 4 is 0 Å². The van der Waals surface area contributed by atoms with Gasteiger partial charge in [0.1, 0.15) is 5.75 Å². The second kappa shape index (κ2) is 8.66. The van der Waals surface area contributed by atoms with E-state index in [1.807, 2.05) is 24.3 Å². The highest BCUT2D eigenvalue weighted by Crippen LogP contribution is 2.16. The van der Waals surface area contributed by atoms with Crippen molar-refractivity contribution < 1.29 is 4.74 Å². The molecule has 0 aliphatic heterocycles. The normalized spacial score (nSPS) is 9.53. The van der Waals surface area contributed by atoms with Crippen molar-refractivity contribution in [1.82, 2.24) is 0 Å². The van der Waals surface area contributed by atoms with Gasteiger partial charge in [-0.3, -0.25) is 0 Å². The zero-order valence-electron chi connectivity index (χ0n) is 10.5. The Morgan fingerprint density at radius 3 is 2.82 bits per heavy atom. The molecule has 0 bridgehead atoms. The van der Waals surface area contributed by atoms with Crippen LogP contribution in [0.4, 0.5) is 0 Å². The minimum absolute atomic E-state index is 0.742. The summed E-state index contributed by atoms with van der Waals surface area (Å²) >= 11 is 0. The van der Waals surface area contributed by atoms with E-state index in [9.17, 15) is 0 Å². The van der Waals surface area contributed by atoms with Crippen molar-refractivity contribution in [1.29, 1.82) is 0 Å². The monoisotopic (exact) mass is 231 g/mol. The smallest absolute Gasteiger partial charge is 0.134 e. The minimum atomic E-state index is 0.742. The van der Waals surface area contributed by atoms with Gasteiger partial charge in [-0.05, 0) is 37.9 Å². The Labute approximate surface area is 104 Å². The van der Waals surface area contributed by atoms with Gasteiger partial charge in [0, 0.05) is 6.42 Å². The number of benzene rings is 1. The van der Waals surface area contributed by atoms with Gasteiger partial charge in [-0.1, -0.05) is 30.9 Å². The molecule has 2 N–H and O–H groups in total. The summed E-state index contributed by atoms with van der Waals surface area (Å²) in [6.07, 6.45) is 4.03. The maximum atomic E-state index is 5.64. The van der Waals surface area contributed by atoms with Gasteiger partial charge in [-0.2, -0.15) is 0 Å². The standard InChI is InChI=1S/C15H21NO/c1-2-13-17-15-11-7-6-10-14(15)9-5-3-4-8-12-16/h6-7,10-11H,2-4,8,12-13,16H2,1H3. The van der Waals surface area contributed by atoms with E-state index in [1.54, 1.807) is 0 Å². The zero-order chi connectivity index (χ0) is 12.3. The third-order valence-corrected chi connectivity index (χ3v) is 2.33. The zero-order valence-corrected chi connectivity index (χ0v) is 10.5. The summed E-state index contributed by atoms with van der Waals surface area (Å²) in [5.74, 6) is 7.22. The second-order valence-corrected chi connectivity index (χ2v) is 3.89. The molecule has 0 spiro atoms. The number of unbranched alkanes of at least 4 members (excludes halogenated alkanes) is 2. The lowest BCUT2D eigenvalue weighted by Crippen LogP contribution is -1.97. The Hall–Kier alpha value is -1.46. The molecule has 92 valence electrons. The van der Waals surface area contributed by atoms with Crippen molar-refractivity contribution in [3.05, 3.63) is 29.8 Å². The third-order valence-electron chi connectivity index (χ3n) is 2.33. The molecule has 0 radical (unpaired) electrons. The van der Waals surface area contributed by atoms with Gasteiger partial charge in [-0.25, -0.2) is 0 Å². The molecule has 1 aromatic carbocycles. The average molecular weight is 231 g/mol. The molecule has 2 heteroatoms. The van der Waals surface area contributed by atoms with Crippen LogP contribution in [0.1, 0.15) is 38.2 Å². The molecule has 1 rings (SSSR count). The van der Waals surface area contributed by atoms with E-state index in [2.05, 4.69) is 18.8 Å². The Bertz CT molecular complexity index is 376. The highest BCUT2D eigenvalue weighted by atomic mass is 16.5. The number of para-hydroxylation sites is 1. The highest BCUT2D eigenvalue weighted by Gasteiger charge is 1.98. The lowest BCUT2D eigenvalue weighted by molar-refractivity contribution is 0.316. The van der Waals surface area contributed by atoms with Crippen LogP contribution in [-0.4, -0.2) is 13.2 Å². The van der Waals surface area contributed by atoms with Crippen LogP contribution in [0.5, 0.6) is 5.75 Å². The Kier molecular flexibility index (Phi) is 6.93. The van der Waals surface area contributed by atoms with Gasteiger partial charge >= 0.3 is 0 Å². The van der Waals surface area contributed by atoms with Gasteiger partial charge in [0.15, 0.2) is 0 Å². The summed E-state index contributed by atoms with van der Waals surface area (Å²) in [5.41, 5.74) is 6.41. The van der Waals surface area contributed by atoms with Gasteiger partial charge in [0.2, 0.25) is 0 Å². The molecule has 2 nitrogen and oxygen atoms in total. The summed E-state index contributed by atoms with van der Waals surface area (Å²) in [6.45, 7) is 3.59. The SMILES string of the molecule is CCCOc1ccccc1C#CCCCCN. The first-order chi connectivity index (χ1) is 8.38. The van der Waals surface area contributed by atoms with Gasteiger partial charge in [0.25, 0.3) is 0 Å². The van der Waals surface area contributed by atoms with Crippen LogP contribution in [0.15, 0.2) is 24.3 Å². The number of rotatable bonds is 6. The fraction of sp³-hybridized carbons (Fsp3) is 0.467. The summed E-state index contributed by atoms with van der Waals surface area (Å²) < 4.78 is 5.64. The van der Waals surface area contributed by atoms with Crippen LogP contribution < -0.4 is 10.5 Å². The van der Waals surface area contributed by atoms with Crippen molar-refractivity contribution in [3.63, 3.8) is 0 Å². The Morgan fingerprint density at radius 2 is 2.06 bits per heavy atom. The highest BCUT2D eigenvalue weighted by molar-refractivity contribution is 5.45. The minimum Gasteiger partial charge on any atom is -0.492 e. The molecular formula is C15H21NO. The van der Waals surface area contributed by atoms with E-state index >= 15 is 0 Å². The molecule has 0 aliphatic carbocycles. The number of ether oxygens (including phenoxy) is 1. The first kappa shape index (κ1) is 13.6. The molecule has 1 aromatic rings. The quantitative estimate of drug-likeness (QED) is 0.603. The Morgan fingerprint density at radius 1 is 1.24 bits per heavy atom. The number of nitrogens with two attached hydrogens (primary N) is 1. The van der Waals surface area contributed by atoms with Crippen LogP contribution >= 0.6 is 0 Å². The van der Waals surface area contributed by atoms with E-state index < -0.39 is 0 Å². The van der Waals surface area contributed by atoms with Crippen molar-refractivity contribution in [2.24, 2.45) is 5.73 Å². The van der Waals surface area contributed by atoms with E-state index in [4.69, 9.17) is 10.5 Å². The fourth-order valence-electron chi connectivity index (χ4n) is 1.42. The van der Waals surface area contributed by atoms with Gasteiger partial charge in [0.05, 0.1) is 12.2 Å². The van der Waals surface area contributed by atoms with E-state index in [0.29, 0.717) is 0 Å². The molecular weight excluding hydrogens is 210 g/mol. The number of hydrogen-bond donors (Lipinski definition) is 1.